The fourth-order valence-electron chi connectivity index (χ4n) is 1.35. The molecule has 2 N–H and O–H groups in total. The smallest absolute Gasteiger partial charge is 0.126 e. The lowest BCUT2D eigenvalue weighted by atomic mass is 10.1. The van der Waals surface area contributed by atoms with E-state index in [1.54, 1.807) is 12.1 Å². The second-order valence-corrected chi connectivity index (χ2v) is 4.11. The standard InChI is InChI=1S/C12H18FNOS/c13-10-4-3-6-12(8-10)15-7-2-1-5-11(14)9-16/h3-4,6,8,11,16H,1-2,5,7,9,14H2. The van der Waals surface area contributed by atoms with Crippen LogP contribution in [0, 0.1) is 5.82 Å². The number of nitrogens with two attached hydrogens (primary N) is 1. The highest BCUT2D eigenvalue weighted by molar-refractivity contribution is 7.80. The van der Waals surface area contributed by atoms with E-state index < -0.39 is 0 Å². The topological polar surface area (TPSA) is 35.2 Å². The van der Waals surface area contributed by atoms with Crippen LogP contribution in [0.5, 0.6) is 5.75 Å². The minimum absolute atomic E-state index is 0.164. The maximum atomic E-state index is 12.8. The Hall–Kier alpha value is -0.740. The molecule has 0 heterocycles. The monoisotopic (exact) mass is 243 g/mol. The van der Waals surface area contributed by atoms with E-state index in [0.29, 0.717) is 18.1 Å². The SMILES string of the molecule is NC(CS)CCCCOc1cccc(F)c1. The predicted molar refractivity (Wildman–Crippen MR) is 67.6 cm³/mol. The quantitative estimate of drug-likeness (QED) is 0.570. The molecule has 1 unspecified atom stereocenters. The van der Waals surface area contributed by atoms with E-state index in [4.69, 9.17) is 10.5 Å². The van der Waals surface area contributed by atoms with Gasteiger partial charge in [0, 0.05) is 17.9 Å². The molecular formula is C12H18FNOS. The molecule has 1 rings (SSSR count). The van der Waals surface area contributed by atoms with E-state index in [1.807, 2.05) is 0 Å². The summed E-state index contributed by atoms with van der Waals surface area (Å²) < 4.78 is 18.2. The molecule has 0 aliphatic heterocycles. The number of benzene rings is 1. The third kappa shape index (κ3) is 5.37. The summed E-state index contributed by atoms with van der Waals surface area (Å²) in [5.74, 6) is 1.03. The molecule has 1 atom stereocenters. The van der Waals surface area contributed by atoms with Gasteiger partial charge in [0.25, 0.3) is 0 Å². The van der Waals surface area contributed by atoms with Crippen LogP contribution in [0.4, 0.5) is 4.39 Å². The number of hydrogen-bond donors (Lipinski definition) is 2. The maximum Gasteiger partial charge on any atom is 0.126 e. The van der Waals surface area contributed by atoms with Crippen molar-refractivity contribution >= 4 is 12.6 Å². The summed E-state index contributed by atoms with van der Waals surface area (Å²) in [7, 11) is 0. The van der Waals surface area contributed by atoms with Crippen molar-refractivity contribution in [2.75, 3.05) is 12.4 Å². The second kappa shape index (κ2) is 7.52. The van der Waals surface area contributed by atoms with Crippen LogP contribution in [0.1, 0.15) is 19.3 Å². The Balaban J connectivity index is 2.12. The third-order valence-electron chi connectivity index (χ3n) is 2.27. The van der Waals surface area contributed by atoms with E-state index in [2.05, 4.69) is 12.6 Å². The number of rotatable bonds is 7. The van der Waals surface area contributed by atoms with Gasteiger partial charge < -0.3 is 10.5 Å². The molecule has 16 heavy (non-hydrogen) atoms. The zero-order valence-electron chi connectivity index (χ0n) is 9.23. The van der Waals surface area contributed by atoms with Crippen LogP contribution in [-0.4, -0.2) is 18.4 Å². The van der Waals surface area contributed by atoms with Gasteiger partial charge in [0.15, 0.2) is 0 Å². The Morgan fingerprint density at radius 2 is 2.19 bits per heavy atom. The van der Waals surface area contributed by atoms with Crippen molar-refractivity contribution in [1.29, 1.82) is 0 Å². The minimum Gasteiger partial charge on any atom is -0.493 e. The molecule has 0 aromatic heterocycles. The van der Waals surface area contributed by atoms with Crippen molar-refractivity contribution < 1.29 is 9.13 Å². The minimum atomic E-state index is -0.269. The van der Waals surface area contributed by atoms with Crippen molar-refractivity contribution in [3.63, 3.8) is 0 Å². The summed E-state index contributed by atoms with van der Waals surface area (Å²) in [5, 5.41) is 0. The summed E-state index contributed by atoms with van der Waals surface area (Å²) in [5.41, 5.74) is 5.72. The lowest BCUT2D eigenvalue weighted by molar-refractivity contribution is 0.302. The number of thiol groups is 1. The predicted octanol–water partition coefficient (Wildman–Crippen LogP) is 2.63. The third-order valence-corrected chi connectivity index (χ3v) is 2.74. The average Bonchev–Trinajstić information content (AvgIpc) is 2.28. The summed E-state index contributed by atoms with van der Waals surface area (Å²) in [6.07, 6.45) is 2.89. The summed E-state index contributed by atoms with van der Waals surface area (Å²) in [6, 6.07) is 6.35. The Morgan fingerprint density at radius 3 is 2.88 bits per heavy atom. The molecule has 0 aliphatic carbocycles. The van der Waals surface area contributed by atoms with Crippen LogP contribution < -0.4 is 10.5 Å². The van der Waals surface area contributed by atoms with Gasteiger partial charge in [-0.3, -0.25) is 0 Å². The molecule has 0 aliphatic rings. The maximum absolute atomic E-state index is 12.8. The van der Waals surface area contributed by atoms with Crippen molar-refractivity contribution in [2.45, 2.75) is 25.3 Å². The van der Waals surface area contributed by atoms with Crippen molar-refractivity contribution in [3.8, 4) is 5.75 Å². The van der Waals surface area contributed by atoms with Gasteiger partial charge in [-0.15, -0.1) is 0 Å². The van der Waals surface area contributed by atoms with Gasteiger partial charge in [-0.1, -0.05) is 6.07 Å². The molecule has 0 bridgehead atoms. The van der Waals surface area contributed by atoms with Gasteiger partial charge in [0.05, 0.1) is 6.61 Å². The highest BCUT2D eigenvalue weighted by atomic mass is 32.1. The zero-order valence-corrected chi connectivity index (χ0v) is 10.1. The highest BCUT2D eigenvalue weighted by Gasteiger charge is 1.99. The molecule has 0 saturated heterocycles. The Morgan fingerprint density at radius 1 is 1.38 bits per heavy atom. The molecule has 90 valence electrons. The van der Waals surface area contributed by atoms with Gasteiger partial charge in [-0.2, -0.15) is 12.6 Å². The molecule has 2 nitrogen and oxygen atoms in total. The molecule has 1 aromatic carbocycles. The van der Waals surface area contributed by atoms with Gasteiger partial charge in [0.2, 0.25) is 0 Å². The number of hydrogen-bond acceptors (Lipinski definition) is 3. The second-order valence-electron chi connectivity index (χ2n) is 3.74. The molecular weight excluding hydrogens is 225 g/mol. The molecule has 0 fully saturated rings. The van der Waals surface area contributed by atoms with Crippen LogP contribution in [0.15, 0.2) is 24.3 Å². The normalized spacial score (nSPS) is 12.4. The van der Waals surface area contributed by atoms with E-state index in [0.717, 1.165) is 19.3 Å². The molecule has 0 amide bonds. The number of unbranched alkanes of at least 4 members (excludes halogenated alkanes) is 1. The van der Waals surface area contributed by atoms with Crippen LogP contribution in [0.25, 0.3) is 0 Å². The number of ether oxygens (including phenoxy) is 1. The van der Waals surface area contributed by atoms with E-state index >= 15 is 0 Å². The molecule has 1 aromatic rings. The summed E-state index contributed by atoms with van der Waals surface area (Å²) >= 11 is 4.11. The molecule has 0 spiro atoms. The molecule has 4 heteroatoms. The van der Waals surface area contributed by atoms with Gasteiger partial charge in [-0.25, -0.2) is 4.39 Å². The largest absolute Gasteiger partial charge is 0.493 e. The van der Waals surface area contributed by atoms with E-state index in [1.165, 1.54) is 12.1 Å². The Kier molecular flexibility index (Phi) is 6.26. The fraction of sp³-hybridized carbons (Fsp3) is 0.500. The lowest BCUT2D eigenvalue weighted by Gasteiger charge is -2.08. The number of halogens is 1. The molecule has 0 radical (unpaired) electrons. The first kappa shape index (κ1) is 13.3. The average molecular weight is 243 g/mol. The Labute approximate surface area is 101 Å². The fourth-order valence-corrected chi connectivity index (χ4v) is 1.53. The van der Waals surface area contributed by atoms with Gasteiger partial charge >= 0.3 is 0 Å². The van der Waals surface area contributed by atoms with Crippen LogP contribution in [0.2, 0.25) is 0 Å². The Bertz CT molecular complexity index is 309. The van der Waals surface area contributed by atoms with Gasteiger partial charge in [-0.05, 0) is 31.4 Å². The van der Waals surface area contributed by atoms with Crippen LogP contribution in [-0.2, 0) is 0 Å². The first-order chi connectivity index (χ1) is 7.72. The van der Waals surface area contributed by atoms with E-state index in [-0.39, 0.29) is 11.9 Å². The van der Waals surface area contributed by atoms with Gasteiger partial charge in [0.1, 0.15) is 11.6 Å². The van der Waals surface area contributed by atoms with Crippen molar-refractivity contribution in [3.05, 3.63) is 30.1 Å². The van der Waals surface area contributed by atoms with Crippen LogP contribution in [0.3, 0.4) is 0 Å². The first-order valence-electron chi connectivity index (χ1n) is 5.47. The summed E-state index contributed by atoms with van der Waals surface area (Å²) in [4.78, 5) is 0. The summed E-state index contributed by atoms with van der Waals surface area (Å²) in [6.45, 7) is 0.600. The van der Waals surface area contributed by atoms with Crippen molar-refractivity contribution in [2.24, 2.45) is 5.73 Å². The zero-order chi connectivity index (χ0) is 11.8. The first-order valence-corrected chi connectivity index (χ1v) is 6.10. The van der Waals surface area contributed by atoms with E-state index in [9.17, 15) is 4.39 Å². The lowest BCUT2D eigenvalue weighted by Crippen LogP contribution is -2.21. The highest BCUT2D eigenvalue weighted by Crippen LogP contribution is 2.12. The van der Waals surface area contributed by atoms with Crippen molar-refractivity contribution in [1.82, 2.24) is 0 Å². The van der Waals surface area contributed by atoms with Crippen LogP contribution >= 0.6 is 12.6 Å². The molecule has 0 saturated carbocycles.